The van der Waals surface area contributed by atoms with Crippen molar-refractivity contribution in [1.82, 2.24) is 10.2 Å². The number of nitrogens with one attached hydrogen (secondary N) is 1. The van der Waals surface area contributed by atoms with Gasteiger partial charge in [0.05, 0.1) is 7.11 Å². The summed E-state index contributed by atoms with van der Waals surface area (Å²) < 4.78 is 11.7. The van der Waals surface area contributed by atoms with E-state index in [4.69, 9.17) is 9.47 Å². The summed E-state index contributed by atoms with van der Waals surface area (Å²) in [7, 11) is 1.59. The Labute approximate surface area is 186 Å². The van der Waals surface area contributed by atoms with Crippen molar-refractivity contribution in [3.05, 3.63) is 58.6 Å². The maximum absolute atomic E-state index is 13.0. The van der Waals surface area contributed by atoms with Gasteiger partial charge in [-0.15, -0.1) is 0 Å². The van der Waals surface area contributed by atoms with Crippen LogP contribution in [-0.4, -0.2) is 42.0 Å². The van der Waals surface area contributed by atoms with Crippen LogP contribution in [0.25, 0.3) is 0 Å². The fourth-order valence-electron chi connectivity index (χ4n) is 2.74. The lowest BCUT2D eigenvalue weighted by Gasteiger charge is -2.31. The summed E-state index contributed by atoms with van der Waals surface area (Å²) in [4.78, 5) is 27.3. The lowest BCUT2D eigenvalue weighted by Crippen LogP contribution is -2.53. The van der Waals surface area contributed by atoms with Crippen molar-refractivity contribution >= 4 is 27.7 Å². The average Bonchev–Trinajstić information content (AvgIpc) is 2.70. The van der Waals surface area contributed by atoms with E-state index in [1.807, 2.05) is 45.0 Å². The third-order valence-corrected chi connectivity index (χ3v) is 4.88. The van der Waals surface area contributed by atoms with Gasteiger partial charge >= 0.3 is 0 Å². The van der Waals surface area contributed by atoms with E-state index >= 15 is 0 Å². The molecule has 7 heteroatoms. The number of methoxy groups -OCH3 is 1. The van der Waals surface area contributed by atoms with Crippen LogP contribution in [0.15, 0.2) is 53.0 Å². The fourth-order valence-corrected chi connectivity index (χ4v) is 3.01. The Morgan fingerprint density at radius 2 is 1.60 bits per heavy atom. The Morgan fingerprint density at radius 1 is 1.03 bits per heavy atom. The highest BCUT2D eigenvalue weighted by Gasteiger charge is 2.28. The summed E-state index contributed by atoms with van der Waals surface area (Å²) in [5, 5.41) is 2.94. The highest BCUT2D eigenvalue weighted by atomic mass is 79.9. The fraction of sp³-hybridized carbons (Fsp3) is 0.391. The summed E-state index contributed by atoms with van der Waals surface area (Å²) in [6, 6.07) is 14.0. The Hall–Kier alpha value is -2.54. The molecule has 2 aromatic rings. The van der Waals surface area contributed by atoms with Gasteiger partial charge in [-0.1, -0.05) is 28.1 Å². The SMILES string of the molecule is COc1ccc(OCC(=O)N(Cc2ccc(Br)cc2)[C@@H](C)C(=O)NC(C)(C)C)cc1. The molecule has 2 amide bonds. The Balaban J connectivity index is 2.14. The van der Waals surface area contributed by atoms with Gasteiger partial charge in [-0.25, -0.2) is 0 Å². The molecule has 0 aromatic heterocycles. The smallest absolute Gasteiger partial charge is 0.261 e. The van der Waals surface area contributed by atoms with Gasteiger partial charge in [-0.2, -0.15) is 0 Å². The summed E-state index contributed by atoms with van der Waals surface area (Å²) in [6.07, 6.45) is 0. The van der Waals surface area contributed by atoms with Crippen LogP contribution in [0.2, 0.25) is 0 Å². The molecule has 0 unspecified atom stereocenters. The first-order chi connectivity index (χ1) is 14.1. The molecule has 0 spiro atoms. The summed E-state index contributed by atoms with van der Waals surface area (Å²) in [5.41, 5.74) is 0.531. The molecule has 0 bridgehead atoms. The zero-order chi connectivity index (χ0) is 22.3. The van der Waals surface area contributed by atoms with Crippen molar-refractivity contribution in [2.75, 3.05) is 13.7 Å². The van der Waals surface area contributed by atoms with Crippen molar-refractivity contribution in [1.29, 1.82) is 0 Å². The van der Waals surface area contributed by atoms with Crippen LogP contribution in [0.5, 0.6) is 11.5 Å². The zero-order valence-corrected chi connectivity index (χ0v) is 19.7. The second-order valence-corrected chi connectivity index (χ2v) is 8.94. The number of hydrogen-bond donors (Lipinski definition) is 1. The molecule has 0 aliphatic rings. The molecule has 0 radical (unpaired) electrons. The van der Waals surface area contributed by atoms with Gasteiger partial charge in [-0.05, 0) is 69.7 Å². The standard InChI is InChI=1S/C23H29BrN2O4/c1-16(22(28)25-23(2,3)4)26(14-17-6-8-18(24)9-7-17)21(27)15-30-20-12-10-19(29-5)11-13-20/h6-13,16H,14-15H2,1-5H3,(H,25,28)/t16-/m0/s1. The van der Waals surface area contributed by atoms with Gasteiger partial charge in [0, 0.05) is 16.6 Å². The Kier molecular flexibility index (Phi) is 8.29. The van der Waals surface area contributed by atoms with Gasteiger partial charge < -0.3 is 19.7 Å². The first kappa shape index (κ1) is 23.7. The van der Waals surface area contributed by atoms with Crippen LogP contribution in [-0.2, 0) is 16.1 Å². The van der Waals surface area contributed by atoms with E-state index in [1.54, 1.807) is 38.3 Å². The maximum atomic E-state index is 13.0. The van der Waals surface area contributed by atoms with Gasteiger partial charge in [0.25, 0.3) is 5.91 Å². The number of amides is 2. The van der Waals surface area contributed by atoms with Crippen LogP contribution in [0.3, 0.4) is 0 Å². The van der Waals surface area contributed by atoms with Crippen molar-refractivity contribution in [2.24, 2.45) is 0 Å². The summed E-state index contributed by atoms with van der Waals surface area (Å²) >= 11 is 3.41. The Morgan fingerprint density at radius 3 is 2.13 bits per heavy atom. The van der Waals surface area contributed by atoms with Crippen LogP contribution in [0.1, 0.15) is 33.3 Å². The lowest BCUT2D eigenvalue weighted by atomic mass is 10.1. The minimum absolute atomic E-state index is 0.171. The second kappa shape index (κ2) is 10.5. The van der Waals surface area contributed by atoms with E-state index in [9.17, 15) is 9.59 Å². The third-order valence-electron chi connectivity index (χ3n) is 4.35. The van der Waals surface area contributed by atoms with E-state index in [0.29, 0.717) is 18.0 Å². The summed E-state index contributed by atoms with van der Waals surface area (Å²) in [5.74, 6) is 0.778. The number of carbonyl (C=O) groups excluding carboxylic acids is 2. The predicted molar refractivity (Wildman–Crippen MR) is 121 cm³/mol. The van der Waals surface area contributed by atoms with E-state index in [-0.39, 0.29) is 18.4 Å². The number of nitrogens with zero attached hydrogens (tertiary/aromatic N) is 1. The molecular weight excluding hydrogens is 448 g/mol. The highest BCUT2D eigenvalue weighted by molar-refractivity contribution is 9.10. The molecule has 6 nitrogen and oxygen atoms in total. The van der Waals surface area contributed by atoms with Gasteiger partial charge in [0.2, 0.25) is 5.91 Å². The molecule has 162 valence electrons. The molecule has 0 fully saturated rings. The minimum Gasteiger partial charge on any atom is -0.497 e. The van der Waals surface area contributed by atoms with E-state index < -0.39 is 11.6 Å². The van der Waals surface area contributed by atoms with Crippen molar-refractivity contribution < 1.29 is 19.1 Å². The molecule has 0 heterocycles. The molecule has 0 saturated heterocycles. The largest absolute Gasteiger partial charge is 0.497 e. The van der Waals surface area contributed by atoms with Crippen LogP contribution in [0, 0.1) is 0 Å². The number of benzene rings is 2. The number of rotatable bonds is 8. The lowest BCUT2D eigenvalue weighted by molar-refractivity contribution is -0.142. The number of halogens is 1. The van der Waals surface area contributed by atoms with E-state index in [1.165, 1.54) is 4.90 Å². The third kappa shape index (κ3) is 7.37. The van der Waals surface area contributed by atoms with Crippen molar-refractivity contribution in [3.8, 4) is 11.5 Å². The molecule has 0 aliphatic heterocycles. The van der Waals surface area contributed by atoms with Gasteiger partial charge in [-0.3, -0.25) is 9.59 Å². The maximum Gasteiger partial charge on any atom is 0.261 e. The topological polar surface area (TPSA) is 67.9 Å². The van der Waals surface area contributed by atoms with Gasteiger partial charge in [0.15, 0.2) is 6.61 Å². The second-order valence-electron chi connectivity index (χ2n) is 8.03. The van der Waals surface area contributed by atoms with Crippen molar-refractivity contribution in [2.45, 2.75) is 45.8 Å². The van der Waals surface area contributed by atoms with Crippen LogP contribution in [0.4, 0.5) is 0 Å². The molecule has 0 saturated carbocycles. The Bertz CT molecular complexity index is 845. The molecule has 1 atom stereocenters. The molecule has 1 N–H and O–H groups in total. The minimum atomic E-state index is -0.653. The van der Waals surface area contributed by atoms with E-state index in [2.05, 4.69) is 21.2 Å². The molecule has 2 rings (SSSR count). The number of hydrogen-bond acceptors (Lipinski definition) is 4. The summed E-state index contributed by atoms with van der Waals surface area (Å²) in [6.45, 7) is 7.58. The normalized spacial score (nSPS) is 12.1. The zero-order valence-electron chi connectivity index (χ0n) is 18.1. The molecular formula is C23H29BrN2O4. The quantitative estimate of drug-likeness (QED) is 0.620. The van der Waals surface area contributed by atoms with Crippen LogP contribution >= 0.6 is 15.9 Å². The van der Waals surface area contributed by atoms with E-state index in [0.717, 1.165) is 10.0 Å². The number of carbonyl (C=O) groups is 2. The van der Waals surface area contributed by atoms with Crippen molar-refractivity contribution in [3.63, 3.8) is 0 Å². The average molecular weight is 477 g/mol. The first-order valence-corrected chi connectivity index (χ1v) is 10.5. The monoisotopic (exact) mass is 476 g/mol. The highest BCUT2D eigenvalue weighted by Crippen LogP contribution is 2.18. The molecule has 30 heavy (non-hydrogen) atoms. The van der Waals surface area contributed by atoms with Gasteiger partial charge in [0.1, 0.15) is 17.5 Å². The van der Waals surface area contributed by atoms with Crippen LogP contribution < -0.4 is 14.8 Å². The molecule has 2 aromatic carbocycles. The number of ether oxygens (including phenoxy) is 2. The first-order valence-electron chi connectivity index (χ1n) is 9.72. The molecule has 0 aliphatic carbocycles. The predicted octanol–water partition coefficient (Wildman–Crippen LogP) is 4.17.